The summed E-state index contributed by atoms with van der Waals surface area (Å²) < 4.78 is 0. The van der Waals surface area contributed by atoms with Gasteiger partial charge in [0.2, 0.25) is 11.8 Å². The molecule has 2 heterocycles. The van der Waals surface area contributed by atoms with Crippen molar-refractivity contribution in [2.24, 2.45) is 10.9 Å². The summed E-state index contributed by atoms with van der Waals surface area (Å²) in [4.78, 5) is 33.7. The van der Waals surface area contributed by atoms with Crippen molar-refractivity contribution in [1.29, 1.82) is 0 Å². The molecule has 1 unspecified atom stereocenters. The maximum Gasteiger partial charge on any atom is 0.242 e. The Morgan fingerprint density at radius 3 is 2.53 bits per heavy atom. The molecule has 176 valence electrons. The first-order valence-corrected chi connectivity index (χ1v) is 11.7. The van der Waals surface area contributed by atoms with E-state index in [-0.39, 0.29) is 48.4 Å². The van der Waals surface area contributed by atoms with Crippen LogP contribution in [0.3, 0.4) is 0 Å². The van der Waals surface area contributed by atoms with E-state index in [9.17, 15) is 9.59 Å². The largest absolute Gasteiger partial charge is 0.352 e. The van der Waals surface area contributed by atoms with Crippen LogP contribution in [-0.4, -0.2) is 66.8 Å². The molecular weight excluding hydrogens is 517 g/mol. The van der Waals surface area contributed by atoms with Crippen LogP contribution in [-0.2, 0) is 22.6 Å². The Hall–Kier alpha value is -1.84. The topological polar surface area (TPSA) is 77.0 Å². The molecule has 1 aliphatic carbocycles. The first-order chi connectivity index (χ1) is 15.1. The van der Waals surface area contributed by atoms with E-state index in [0.29, 0.717) is 25.0 Å². The molecule has 1 aromatic carbocycles. The fourth-order valence-electron chi connectivity index (χ4n) is 5.05. The zero-order valence-corrected chi connectivity index (χ0v) is 21.3. The summed E-state index contributed by atoms with van der Waals surface area (Å²) in [6, 6.07) is 8.51. The van der Waals surface area contributed by atoms with Gasteiger partial charge in [-0.05, 0) is 36.8 Å². The van der Waals surface area contributed by atoms with Crippen LogP contribution in [0.1, 0.15) is 49.7 Å². The molecule has 2 amide bonds. The summed E-state index contributed by atoms with van der Waals surface area (Å²) in [5, 5.41) is 6.57. The minimum atomic E-state index is 0. The minimum absolute atomic E-state index is 0. The van der Waals surface area contributed by atoms with E-state index < -0.39 is 0 Å². The lowest BCUT2D eigenvalue weighted by molar-refractivity contribution is -0.135. The van der Waals surface area contributed by atoms with Crippen molar-refractivity contribution in [3.63, 3.8) is 0 Å². The number of amides is 2. The van der Waals surface area contributed by atoms with Crippen molar-refractivity contribution >= 4 is 41.8 Å². The molecule has 0 bridgehead atoms. The van der Waals surface area contributed by atoms with E-state index in [1.165, 1.54) is 30.4 Å². The molecule has 2 fully saturated rings. The lowest BCUT2D eigenvalue weighted by Gasteiger charge is -2.29. The van der Waals surface area contributed by atoms with Gasteiger partial charge in [0.25, 0.3) is 0 Å². The molecule has 0 spiro atoms. The normalized spacial score (nSPS) is 21.5. The summed E-state index contributed by atoms with van der Waals surface area (Å²) in [5.74, 6) is 1.26. The van der Waals surface area contributed by atoms with Gasteiger partial charge >= 0.3 is 0 Å². The Morgan fingerprint density at radius 2 is 1.78 bits per heavy atom. The number of carbonyl (C=O) groups excluding carboxylic acids is 2. The molecule has 1 atom stereocenters. The molecule has 8 heteroatoms. The number of benzene rings is 1. The molecule has 4 rings (SSSR count). The lowest BCUT2D eigenvalue weighted by atomic mass is 9.88. The molecular formula is C24H36IN5O2. The van der Waals surface area contributed by atoms with Crippen LogP contribution in [0.15, 0.2) is 29.3 Å². The number of likely N-dealkylation sites (tertiary alicyclic amines) is 1. The van der Waals surface area contributed by atoms with Crippen molar-refractivity contribution in [2.75, 3.05) is 33.2 Å². The zero-order chi connectivity index (χ0) is 21.6. The monoisotopic (exact) mass is 553 g/mol. The number of halogens is 1. The first-order valence-electron chi connectivity index (χ1n) is 11.7. The predicted octanol–water partition coefficient (Wildman–Crippen LogP) is 2.54. The Morgan fingerprint density at radius 1 is 1.03 bits per heavy atom. The number of hydrogen-bond donors (Lipinski definition) is 2. The van der Waals surface area contributed by atoms with Crippen molar-refractivity contribution in [3.05, 3.63) is 35.4 Å². The van der Waals surface area contributed by atoms with Gasteiger partial charge in [-0.25, -0.2) is 0 Å². The second-order valence-electron chi connectivity index (χ2n) is 9.01. The third-order valence-electron chi connectivity index (χ3n) is 6.91. The maximum atomic E-state index is 12.8. The molecule has 1 saturated heterocycles. The van der Waals surface area contributed by atoms with Crippen molar-refractivity contribution in [2.45, 2.75) is 57.5 Å². The number of carbonyl (C=O) groups is 2. The van der Waals surface area contributed by atoms with Gasteiger partial charge in [0, 0.05) is 45.2 Å². The molecule has 1 aromatic rings. The molecule has 0 radical (unpaired) electrons. The van der Waals surface area contributed by atoms with Gasteiger partial charge in [-0.15, -0.1) is 24.0 Å². The summed E-state index contributed by atoms with van der Waals surface area (Å²) in [6.07, 6.45) is 7.52. The van der Waals surface area contributed by atoms with Gasteiger partial charge in [-0.2, -0.15) is 0 Å². The smallest absolute Gasteiger partial charge is 0.242 e. The number of rotatable bonds is 4. The minimum Gasteiger partial charge on any atom is -0.352 e. The average Bonchev–Trinajstić information content (AvgIpc) is 3.29. The molecule has 2 N–H and O–H groups in total. The van der Waals surface area contributed by atoms with E-state index >= 15 is 0 Å². The third kappa shape index (κ3) is 6.14. The first kappa shape index (κ1) is 24.8. The van der Waals surface area contributed by atoms with E-state index in [1.807, 2.05) is 15.9 Å². The Balaban J connectivity index is 0.00000289. The molecule has 32 heavy (non-hydrogen) atoms. The third-order valence-corrected chi connectivity index (χ3v) is 6.91. The second kappa shape index (κ2) is 11.9. The predicted molar refractivity (Wildman–Crippen MR) is 137 cm³/mol. The van der Waals surface area contributed by atoms with Crippen LogP contribution in [0.25, 0.3) is 0 Å². The van der Waals surface area contributed by atoms with Crippen LogP contribution in [0, 0.1) is 5.92 Å². The number of aliphatic imine (C=N–C) groups is 1. The van der Waals surface area contributed by atoms with Crippen molar-refractivity contribution in [1.82, 2.24) is 20.4 Å². The van der Waals surface area contributed by atoms with Crippen molar-refractivity contribution in [3.8, 4) is 0 Å². The van der Waals surface area contributed by atoms with Gasteiger partial charge in [0.1, 0.15) is 0 Å². The highest BCUT2D eigenvalue weighted by Crippen LogP contribution is 2.26. The molecule has 2 aliphatic heterocycles. The van der Waals surface area contributed by atoms with Gasteiger partial charge in [0.15, 0.2) is 5.96 Å². The standard InChI is InChI=1S/C24H35N5O2.HI/c1-25-24(26-15-22(30)28-13-11-18-7-5-6-10-20(18)16-28)27-21-12-14-29(17-21)23(31)19-8-3-2-4-9-19;/h5-7,10,19,21H,2-4,8-9,11-17H2,1H3,(H2,25,26,27);1H. The van der Waals surface area contributed by atoms with Crippen LogP contribution in [0.5, 0.6) is 0 Å². The summed E-state index contributed by atoms with van der Waals surface area (Å²) in [6.45, 7) is 3.16. The summed E-state index contributed by atoms with van der Waals surface area (Å²) in [7, 11) is 1.72. The number of fused-ring (bicyclic) bond motifs is 1. The van der Waals surface area contributed by atoms with E-state index in [4.69, 9.17) is 0 Å². The number of hydrogen-bond acceptors (Lipinski definition) is 3. The summed E-state index contributed by atoms with van der Waals surface area (Å²) in [5.41, 5.74) is 2.57. The highest BCUT2D eigenvalue weighted by atomic mass is 127. The SMILES string of the molecule is CN=C(NCC(=O)N1CCc2ccccc2C1)NC1CCN(C(=O)C2CCCCC2)C1.I. The van der Waals surface area contributed by atoms with Crippen LogP contribution < -0.4 is 10.6 Å². The van der Waals surface area contributed by atoms with Crippen LogP contribution in [0.4, 0.5) is 0 Å². The van der Waals surface area contributed by atoms with Gasteiger partial charge in [-0.1, -0.05) is 43.5 Å². The van der Waals surface area contributed by atoms with Crippen molar-refractivity contribution < 1.29 is 9.59 Å². The molecule has 1 saturated carbocycles. The molecule has 7 nitrogen and oxygen atoms in total. The van der Waals surface area contributed by atoms with Gasteiger partial charge in [0.05, 0.1) is 6.54 Å². The Kier molecular flexibility index (Phi) is 9.19. The summed E-state index contributed by atoms with van der Waals surface area (Å²) >= 11 is 0. The number of nitrogens with zero attached hydrogens (tertiary/aromatic N) is 3. The Bertz CT molecular complexity index is 824. The zero-order valence-electron chi connectivity index (χ0n) is 19.0. The fraction of sp³-hybridized carbons (Fsp3) is 0.625. The molecule has 3 aliphatic rings. The quantitative estimate of drug-likeness (QED) is 0.342. The average molecular weight is 553 g/mol. The lowest BCUT2D eigenvalue weighted by Crippen LogP contribution is -2.49. The highest BCUT2D eigenvalue weighted by Gasteiger charge is 2.32. The second-order valence-corrected chi connectivity index (χ2v) is 9.01. The van der Waals surface area contributed by atoms with Gasteiger partial charge < -0.3 is 20.4 Å². The van der Waals surface area contributed by atoms with E-state index in [1.54, 1.807) is 7.05 Å². The van der Waals surface area contributed by atoms with Crippen LogP contribution in [0.2, 0.25) is 0 Å². The van der Waals surface area contributed by atoms with E-state index in [0.717, 1.165) is 38.8 Å². The fourth-order valence-corrected chi connectivity index (χ4v) is 5.05. The van der Waals surface area contributed by atoms with Gasteiger partial charge in [-0.3, -0.25) is 14.6 Å². The number of guanidine groups is 1. The maximum absolute atomic E-state index is 12.8. The highest BCUT2D eigenvalue weighted by molar-refractivity contribution is 14.0. The Labute approximate surface area is 208 Å². The molecule has 0 aromatic heterocycles. The van der Waals surface area contributed by atoms with E-state index in [2.05, 4.69) is 33.8 Å². The van der Waals surface area contributed by atoms with Crippen LogP contribution >= 0.6 is 24.0 Å². The number of nitrogens with one attached hydrogen (secondary N) is 2.